The third-order valence-corrected chi connectivity index (χ3v) is 2.76. The Hall–Kier alpha value is -0.930. The molecule has 0 heterocycles. The van der Waals surface area contributed by atoms with E-state index in [1.54, 1.807) is 0 Å². The molecule has 0 radical (unpaired) electrons. The van der Waals surface area contributed by atoms with E-state index in [-0.39, 0.29) is 21.7 Å². The molecule has 0 fully saturated rings. The standard InChI is InChI=1S/C9H8Cl2O3/c10-8-5(2-4-7(13)14)1-3-6(12)9(8)11/h2-5,12H,1H2,(H,13,14)/b4-2+. The maximum absolute atomic E-state index is 10.3. The molecule has 1 unspecified atom stereocenters. The number of hydrogen-bond donors (Lipinski definition) is 2. The highest BCUT2D eigenvalue weighted by Crippen LogP contribution is 2.34. The SMILES string of the molecule is O=C(O)/C=C/C1CC=C(O)C(Cl)=C1Cl. The molecule has 0 saturated carbocycles. The van der Waals surface area contributed by atoms with Crippen LogP contribution in [-0.4, -0.2) is 16.2 Å². The second kappa shape index (κ2) is 4.53. The lowest BCUT2D eigenvalue weighted by Crippen LogP contribution is -2.05. The van der Waals surface area contributed by atoms with Gasteiger partial charge in [0.2, 0.25) is 0 Å². The largest absolute Gasteiger partial charge is 0.507 e. The zero-order chi connectivity index (χ0) is 10.7. The Labute approximate surface area is 90.9 Å². The molecule has 0 aromatic rings. The third-order valence-electron chi connectivity index (χ3n) is 1.80. The molecule has 3 nitrogen and oxygen atoms in total. The van der Waals surface area contributed by atoms with Gasteiger partial charge in [0.05, 0.1) is 5.03 Å². The molecule has 0 amide bonds. The maximum atomic E-state index is 10.3. The van der Waals surface area contributed by atoms with Crippen LogP contribution in [-0.2, 0) is 4.79 Å². The number of aliphatic hydroxyl groups excluding tert-OH is 1. The van der Waals surface area contributed by atoms with E-state index in [2.05, 4.69) is 0 Å². The predicted molar refractivity (Wildman–Crippen MR) is 54.3 cm³/mol. The predicted octanol–water partition coefficient (Wildman–Crippen LogP) is 2.78. The zero-order valence-electron chi connectivity index (χ0n) is 7.08. The van der Waals surface area contributed by atoms with Crippen molar-refractivity contribution in [2.24, 2.45) is 5.92 Å². The van der Waals surface area contributed by atoms with Crippen LogP contribution in [0.2, 0.25) is 0 Å². The molecule has 14 heavy (non-hydrogen) atoms. The quantitative estimate of drug-likeness (QED) is 0.723. The van der Waals surface area contributed by atoms with Crippen LogP contribution in [0.15, 0.2) is 34.1 Å². The minimum absolute atomic E-state index is 0.0587. The van der Waals surface area contributed by atoms with Gasteiger partial charge in [-0.3, -0.25) is 0 Å². The fraction of sp³-hybridized carbons (Fsp3) is 0.222. The number of hydrogen-bond acceptors (Lipinski definition) is 2. The molecule has 1 aliphatic rings. The molecule has 76 valence electrons. The van der Waals surface area contributed by atoms with Crippen molar-refractivity contribution in [3.8, 4) is 0 Å². The van der Waals surface area contributed by atoms with Crippen LogP contribution in [0, 0.1) is 5.92 Å². The van der Waals surface area contributed by atoms with E-state index in [4.69, 9.17) is 28.3 Å². The topological polar surface area (TPSA) is 57.5 Å². The molecule has 0 spiro atoms. The molecule has 0 saturated heterocycles. The number of carboxylic acid groups (broad SMARTS) is 1. The first-order valence-electron chi connectivity index (χ1n) is 3.88. The average Bonchev–Trinajstić information content (AvgIpc) is 2.13. The third kappa shape index (κ3) is 2.53. The van der Waals surface area contributed by atoms with Crippen molar-refractivity contribution in [3.63, 3.8) is 0 Å². The van der Waals surface area contributed by atoms with Gasteiger partial charge in [0.25, 0.3) is 0 Å². The molecule has 1 rings (SSSR count). The smallest absolute Gasteiger partial charge is 0.327 e. The fourth-order valence-electron chi connectivity index (χ4n) is 1.08. The summed E-state index contributed by atoms with van der Waals surface area (Å²) in [6.07, 6.45) is 4.40. The Kier molecular flexibility index (Phi) is 3.61. The normalized spacial score (nSPS) is 22.7. The van der Waals surface area contributed by atoms with Crippen LogP contribution in [0.1, 0.15) is 6.42 Å². The minimum atomic E-state index is -1.04. The Balaban J connectivity index is 2.82. The number of aliphatic hydroxyl groups is 1. The van der Waals surface area contributed by atoms with Crippen molar-refractivity contribution in [1.82, 2.24) is 0 Å². The summed E-state index contributed by atoms with van der Waals surface area (Å²) in [5.74, 6) is -1.36. The lowest BCUT2D eigenvalue weighted by Gasteiger charge is -2.16. The van der Waals surface area contributed by atoms with Gasteiger partial charge in [-0.2, -0.15) is 0 Å². The summed E-state index contributed by atoms with van der Waals surface area (Å²) >= 11 is 11.5. The van der Waals surface area contributed by atoms with Crippen LogP contribution in [0.4, 0.5) is 0 Å². The number of rotatable bonds is 2. The van der Waals surface area contributed by atoms with Crippen molar-refractivity contribution in [1.29, 1.82) is 0 Å². The summed E-state index contributed by atoms with van der Waals surface area (Å²) in [5, 5.41) is 17.9. The molecule has 0 aromatic heterocycles. The highest BCUT2D eigenvalue weighted by molar-refractivity contribution is 6.40. The van der Waals surface area contributed by atoms with Gasteiger partial charge >= 0.3 is 5.97 Å². The fourth-order valence-corrected chi connectivity index (χ4v) is 1.55. The first-order chi connectivity index (χ1) is 6.52. The molecular formula is C9H8Cl2O3. The van der Waals surface area contributed by atoms with Crippen molar-refractivity contribution < 1.29 is 15.0 Å². The van der Waals surface area contributed by atoms with Crippen molar-refractivity contribution >= 4 is 29.2 Å². The van der Waals surface area contributed by atoms with E-state index < -0.39 is 5.97 Å². The van der Waals surface area contributed by atoms with E-state index in [0.29, 0.717) is 6.42 Å². The van der Waals surface area contributed by atoms with Gasteiger partial charge in [0.1, 0.15) is 5.76 Å². The lowest BCUT2D eigenvalue weighted by atomic mass is 9.99. The Bertz CT molecular complexity index is 342. The molecule has 5 heteroatoms. The first-order valence-corrected chi connectivity index (χ1v) is 4.63. The van der Waals surface area contributed by atoms with Crippen molar-refractivity contribution in [2.75, 3.05) is 0 Å². The summed E-state index contributed by atoms with van der Waals surface area (Å²) in [7, 11) is 0. The van der Waals surface area contributed by atoms with Gasteiger partial charge in [0.15, 0.2) is 0 Å². The molecule has 0 bridgehead atoms. The van der Waals surface area contributed by atoms with Gasteiger partial charge in [-0.25, -0.2) is 4.79 Å². The van der Waals surface area contributed by atoms with Gasteiger partial charge < -0.3 is 10.2 Å². The summed E-state index contributed by atoms with van der Waals surface area (Å²) in [6.45, 7) is 0. The van der Waals surface area contributed by atoms with Gasteiger partial charge in [-0.05, 0) is 12.5 Å². The Morgan fingerprint density at radius 3 is 2.79 bits per heavy atom. The molecule has 1 aliphatic carbocycles. The maximum Gasteiger partial charge on any atom is 0.327 e. The minimum Gasteiger partial charge on any atom is -0.507 e. The average molecular weight is 235 g/mol. The van der Waals surface area contributed by atoms with E-state index in [0.717, 1.165) is 6.08 Å². The van der Waals surface area contributed by atoms with E-state index in [1.165, 1.54) is 12.2 Å². The van der Waals surface area contributed by atoms with E-state index in [1.807, 2.05) is 0 Å². The van der Waals surface area contributed by atoms with Crippen LogP contribution in [0.3, 0.4) is 0 Å². The van der Waals surface area contributed by atoms with E-state index in [9.17, 15) is 9.90 Å². The van der Waals surface area contributed by atoms with Crippen LogP contribution in [0.25, 0.3) is 0 Å². The highest BCUT2D eigenvalue weighted by atomic mass is 35.5. The van der Waals surface area contributed by atoms with Gasteiger partial charge in [0, 0.05) is 17.0 Å². The molecule has 2 N–H and O–H groups in total. The van der Waals surface area contributed by atoms with Crippen molar-refractivity contribution in [3.05, 3.63) is 34.1 Å². The monoisotopic (exact) mass is 234 g/mol. The summed E-state index contributed by atoms with van der Waals surface area (Å²) in [4.78, 5) is 10.3. The van der Waals surface area contributed by atoms with Crippen LogP contribution >= 0.6 is 23.2 Å². The Morgan fingerprint density at radius 2 is 2.21 bits per heavy atom. The van der Waals surface area contributed by atoms with Gasteiger partial charge in [-0.15, -0.1) is 0 Å². The summed E-state index contributed by atoms with van der Waals surface area (Å²) in [5.41, 5.74) is 0. The second-order valence-corrected chi connectivity index (χ2v) is 3.58. The molecule has 1 atom stereocenters. The van der Waals surface area contributed by atoms with Crippen LogP contribution in [0.5, 0.6) is 0 Å². The number of halogens is 2. The second-order valence-electron chi connectivity index (χ2n) is 2.79. The number of carboxylic acids is 1. The lowest BCUT2D eigenvalue weighted by molar-refractivity contribution is -0.131. The Morgan fingerprint density at radius 1 is 1.57 bits per heavy atom. The molecule has 0 aliphatic heterocycles. The summed E-state index contributed by atoms with van der Waals surface area (Å²) in [6, 6.07) is 0. The molecule has 0 aromatic carbocycles. The number of carbonyl (C=O) groups is 1. The summed E-state index contributed by atoms with van der Waals surface area (Å²) < 4.78 is 0. The number of allylic oxidation sites excluding steroid dienone is 4. The van der Waals surface area contributed by atoms with Crippen LogP contribution < -0.4 is 0 Å². The number of aliphatic carboxylic acids is 1. The first kappa shape index (κ1) is 11.1. The van der Waals surface area contributed by atoms with E-state index >= 15 is 0 Å². The highest BCUT2D eigenvalue weighted by Gasteiger charge is 2.19. The van der Waals surface area contributed by atoms with Crippen molar-refractivity contribution in [2.45, 2.75) is 6.42 Å². The zero-order valence-corrected chi connectivity index (χ0v) is 8.59. The van der Waals surface area contributed by atoms with Gasteiger partial charge in [-0.1, -0.05) is 29.3 Å². The molecular weight excluding hydrogens is 227 g/mol.